The van der Waals surface area contributed by atoms with Gasteiger partial charge in [-0.15, -0.1) is 0 Å². The molecule has 1 amide bonds. The molecule has 6 nitrogen and oxygen atoms in total. The lowest BCUT2D eigenvalue weighted by molar-refractivity contribution is -0.146. The maximum Gasteiger partial charge on any atom is 0.331 e. The van der Waals surface area contributed by atoms with E-state index in [2.05, 4.69) is 10.4 Å². The number of carbonyl (C=O) groups excluding carboxylic acids is 1. The fraction of sp³-hybridized carbons (Fsp3) is 0.267. The van der Waals surface area contributed by atoms with E-state index in [4.69, 9.17) is 5.11 Å². The normalized spacial score (nSPS) is 11.2. The van der Waals surface area contributed by atoms with Crippen LogP contribution in [0.3, 0.4) is 0 Å². The molecule has 0 aliphatic rings. The number of carboxylic acid groups (broad SMARTS) is 1. The van der Waals surface area contributed by atoms with E-state index in [1.807, 2.05) is 0 Å². The molecule has 0 saturated heterocycles. The maximum absolute atomic E-state index is 13.1. The molecule has 0 unspecified atom stereocenters. The summed E-state index contributed by atoms with van der Waals surface area (Å²) in [7, 11) is 0. The maximum atomic E-state index is 13.1. The van der Waals surface area contributed by atoms with Gasteiger partial charge in [-0.2, -0.15) is 5.10 Å². The number of halogens is 1. The number of hydrogen-bond acceptors (Lipinski definition) is 3. The number of amides is 1. The highest BCUT2D eigenvalue weighted by Crippen LogP contribution is 2.17. The molecule has 0 spiro atoms. The average Bonchev–Trinajstić information content (AvgIpc) is 2.87. The molecule has 2 rings (SSSR count). The summed E-state index contributed by atoms with van der Waals surface area (Å²) >= 11 is 0. The number of carboxylic acids is 1. The van der Waals surface area contributed by atoms with E-state index in [-0.39, 0.29) is 12.3 Å². The van der Waals surface area contributed by atoms with Gasteiger partial charge in [-0.05, 0) is 31.5 Å². The summed E-state index contributed by atoms with van der Waals surface area (Å²) in [6.45, 7) is 3.00. The van der Waals surface area contributed by atoms with Gasteiger partial charge in [-0.1, -0.05) is 12.1 Å². The van der Waals surface area contributed by atoms with Gasteiger partial charge in [-0.25, -0.2) is 9.18 Å². The Hall–Kier alpha value is -2.70. The van der Waals surface area contributed by atoms with Crippen molar-refractivity contribution in [3.05, 3.63) is 48.0 Å². The Balaban J connectivity index is 2.04. The minimum Gasteiger partial charge on any atom is -0.479 e. The molecule has 116 valence electrons. The highest BCUT2D eigenvalue weighted by Gasteiger charge is 2.30. The van der Waals surface area contributed by atoms with Crippen LogP contribution in [0.1, 0.15) is 19.4 Å². The smallest absolute Gasteiger partial charge is 0.331 e. The summed E-state index contributed by atoms with van der Waals surface area (Å²) in [6, 6.07) is 5.78. The fourth-order valence-corrected chi connectivity index (χ4v) is 1.83. The molecular weight excluding hydrogens is 289 g/mol. The molecule has 7 heteroatoms. The molecule has 22 heavy (non-hydrogen) atoms. The van der Waals surface area contributed by atoms with E-state index >= 15 is 0 Å². The lowest BCUT2D eigenvalue weighted by atomic mass is 10.1. The van der Waals surface area contributed by atoms with Gasteiger partial charge < -0.3 is 10.4 Å². The highest BCUT2D eigenvalue weighted by atomic mass is 19.1. The van der Waals surface area contributed by atoms with Crippen molar-refractivity contribution in [1.82, 2.24) is 9.78 Å². The van der Waals surface area contributed by atoms with Crippen LogP contribution in [0.5, 0.6) is 0 Å². The summed E-state index contributed by atoms with van der Waals surface area (Å²) in [5.41, 5.74) is -0.280. The zero-order chi connectivity index (χ0) is 16.3. The second kappa shape index (κ2) is 5.97. The van der Waals surface area contributed by atoms with Crippen molar-refractivity contribution in [2.45, 2.75) is 25.8 Å². The quantitative estimate of drug-likeness (QED) is 0.885. The number of benzene rings is 1. The third-order valence-electron chi connectivity index (χ3n) is 3.22. The van der Waals surface area contributed by atoms with Crippen molar-refractivity contribution in [2.24, 2.45) is 0 Å². The van der Waals surface area contributed by atoms with Crippen molar-refractivity contribution in [1.29, 1.82) is 0 Å². The molecule has 1 aromatic heterocycles. The van der Waals surface area contributed by atoms with Crippen LogP contribution in [0.25, 0.3) is 0 Å². The molecule has 2 aromatic rings. The van der Waals surface area contributed by atoms with E-state index < -0.39 is 17.3 Å². The number of hydrogen-bond donors (Lipinski definition) is 2. The van der Waals surface area contributed by atoms with Gasteiger partial charge in [0.2, 0.25) is 5.91 Å². The minimum absolute atomic E-state index is 0.0191. The molecule has 1 heterocycles. The molecule has 0 aliphatic heterocycles. The predicted molar refractivity (Wildman–Crippen MR) is 77.9 cm³/mol. The first-order valence-corrected chi connectivity index (χ1v) is 6.62. The number of nitrogens with zero attached hydrogens (tertiary/aromatic N) is 2. The van der Waals surface area contributed by atoms with E-state index in [0.717, 1.165) is 0 Å². The van der Waals surface area contributed by atoms with Crippen LogP contribution < -0.4 is 5.32 Å². The van der Waals surface area contributed by atoms with Crippen molar-refractivity contribution in [2.75, 3.05) is 5.32 Å². The molecule has 0 bridgehead atoms. The number of rotatable bonds is 5. The Morgan fingerprint density at radius 2 is 2.14 bits per heavy atom. The highest BCUT2D eigenvalue weighted by molar-refractivity contribution is 5.92. The van der Waals surface area contributed by atoms with Crippen LogP contribution in [0, 0.1) is 5.82 Å². The lowest BCUT2D eigenvalue weighted by Crippen LogP contribution is -2.35. The Bertz CT molecular complexity index is 710. The summed E-state index contributed by atoms with van der Waals surface area (Å²) < 4.78 is 14.3. The summed E-state index contributed by atoms with van der Waals surface area (Å²) in [5.74, 6) is -1.77. The first-order valence-electron chi connectivity index (χ1n) is 6.62. The topological polar surface area (TPSA) is 84.2 Å². The van der Waals surface area contributed by atoms with Crippen LogP contribution in [-0.2, 0) is 21.5 Å². The zero-order valence-corrected chi connectivity index (χ0v) is 12.2. The zero-order valence-electron chi connectivity index (χ0n) is 12.2. The van der Waals surface area contributed by atoms with Gasteiger partial charge in [0.25, 0.3) is 0 Å². The van der Waals surface area contributed by atoms with Crippen LogP contribution in [0.4, 0.5) is 10.1 Å². The second-order valence-corrected chi connectivity index (χ2v) is 5.39. The molecule has 0 fully saturated rings. The van der Waals surface area contributed by atoms with Crippen molar-refractivity contribution >= 4 is 17.6 Å². The molecule has 0 aliphatic carbocycles. The van der Waals surface area contributed by atoms with Gasteiger partial charge >= 0.3 is 5.97 Å². The third-order valence-corrected chi connectivity index (χ3v) is 3.22. The molecule has 2 N–H and O–H groups in total. The Morgan fingerprint density at radius 3 is 2.77 bits per heavy atom. The van der Waals surface area contributed by atoms with Gasteiger partial charge in [-0.3, -0.25) is 9.48 Å². The number of carbonyl (C=O) groups is 2. The number of anilines is 1. The van der Waals surface area contributed by atoms with Crippen molar-refractivity contribution in [3.63, 3.8) is 0 Å². The molecule has 0 atom stereocenters. The number of nitrogens with one attached hydrogen (secondary N) is 1. The van der Waals surface area contributed by atoms with Crippen LogP contribution >= 0.6 is 0 Å². The summed E-state index contributed by atoms with van der Waals surface area (Å²) in [6.07, 6.45) is 2.83. The second-order valence-electron chi connectivity index (χ2n) is 5.39. The van der Waals surface area contributed by atoms with Gasteiger partial charge in [0, 0.05) is 6.20 Å². The van der Waals surface area contributed by atoms with Crippen LogP contribution in [0.15, 0.2) is 36.7 Å². The third kappa shape index (κ3) is 3.49. The molecular formula is C15H16FN3O3. The number of aliphatic carboxylic acids is 1. The van der Waals surface area contributed by atoms with E-state index in [0.29, 0.717) is 11.3 Å². The minimum atomic E-state index is -1.22. The Labute approximate surface area is 126 Å². The van der Waals surface area contributed by atoms with Gasteiger partial charge in [0.1, 0.15) is 5.82 Å². The van der Waals surface area contributed by atoms with Crippen molar-refractivity contribution < 1.29 is 19.1 Å². The largest absolute Gasteiger partial charge is 0.479 e. The standard InChI is InChI=1S/C15H16FN3O3/c1-15(2,14(21)22)19-9-12(8-17-19)18-13(20)7-10-4-3-5-11(16)6-10/h3-6,8-9H,7H2,1-2H3,(H,18,20)(H,21,22). The van der Waals surface area contributed by atoms with E-state index in [1.165, 1.54) is 49.1 Å². The summed E-state index contributed by atoms with van der Waals surface area (Å²) in [5, 5.41) is 15.7. The first-order chi connectivity index (χ1) is 10.3. The predicted octanol–water partition coefficient (Wildman–Crippen LogP) is 2.02. The summed E-state index contributed by atoms with van der Waals surface area (Å²) in [4.78, 5) is 23.0. The van der Waals surface area contributed by atoms with Crippen molar-refractivity contribution in [3.8, 4) is 0 Å². The van der Waals surface area contributed by atoms with Gasteiger partial charge in [0.05, 0.1) is 18.3 Å². The SMILES string of the molecule is CC(C)(C(=O)O)n1cc(NC(=O)Cc2cccc(F)c2)cn1. The van der Waals surface area contributed by atoms with Crippen LogP contribution in [-0.4, -0.2) is 26.8 Å². The lowest BCUT2D eigenvalue weighted by Gasteiger charge is -2.19. The first kappa shape index (κ1) is 15.7. The number of aromatic nitrogens is 2. The van der Waals surface area contributed by atoms with Crippen LogP contribution in [0.2, 0.25) is 0 Å². The average molecular weight is 305 g/mol. The Morgan fingerprint density at radius 1 is 1.41 bits per heavy atom. The fourth-order valence-electron chi connectivity index (χ4n) is 1.83. The molecule has 1 aromatic carbocycles. The molecule has 0 saturated carbocycles. The monoisotopic (exact) mass is 305 g/mol. The Kier molecular flexibility index (Phi) is 4.25. The van der Waals surface area contributed by atoms with Gasteiger partial charge in [0.15, 0.2) is 5.54 Å². The van der Waals surface area contributed by atoms with E-state index in [1.54, 1.807) is 6.07 Å². The van der Waals surface area contributed by atoms with E-state index in [9.17, 15) is 14.0 Å². The molecule has 0 radical (unpaired) electrons.